The van der Waals surface area contributed by atoms with Gasteiger partial charge in [0.05, 0.1) is 13.2 Å². The predicted molar refractivity (Wildman–Crippen MR) is 121 cm³/mol. The van der Waals surface area contributed by atoms with Crippen LogP contribution in [0.1, 0.15) is 136 Å². The molecular formula is C25H48O4. The summed E-state index contributed by atoms with van der Waals surface area (Å²) in [6.07, 6.45) is 20.6. The molecule has 0 bridgehead atoms. The van der Waals surface area contributed by atoms with Crippen molar-refractivity contribution >= 4 is 11.9 Å². The van der Waals surface area contributed by atoms with Gasteiger partial charge in [0.15, 0.2) is 0 Å². The number of unbranched alkanes of at least 4 members (excludes halogenated alkanes) is 14. The highest BCUT2D eigenvalue weighted by Gasteiger charge is 2.04. The van der Waals surface area contributed by atoms with Gasteiger partial charge in [-0.25, -0.2) is 0 Å². The summed E-state index contributed by atoms with van der Waals surface area (Å²) in [7, 11) is 0. The molecule has 0 unspecified atom stereocenters. The second-order valence-electron chi connectivity index (χ2n) is 8.24. The van der Waals surface area contributed by atoms with Crippen molar-refractivity contribution in [3.8, 4) is 0 Å². The van der Waals surface area contributed by atoms with Gasteiger partial charge >= 0.3 is 11.9 Å². The second-order valence-corrected chi connectivity index (χ2v) is 8.24. The minimum Gasteiger partial charge on any atom is -0.466 e. The molecule has 0 aromatic heterocycles. The molecule has 0 rings (SSSR count). The monoisotopic (exact) mass is 412 g/mol. The lowest BCUT2D eigenvalue weighted by molar-refractivity contribution is -0.144. The van der Waals surface area contributed by atoms with Crippen molar-refractivity contribution in [2.75, 3.05) is 13.2 Å². The fourth-order valence-corrected chi connectivity index (χ4v) is 3.35. The van der Waals surface area contributed by atoms with E-state index in [9.17, 15) is 9.59 Å². The third kappa shape index (κ3) is 23.1. The molecule has 0 saturated carbocycles. The summed E-state index contributed by atoms with van der Waals surface area (Å²) in [4.78, 5) is 23.3. The van der Waals surface area contributed by atoms with Crippen molar-refractivity contribution in [2.24, 2.45) is 0 Å². The van der Waals surface area contributed by atoms with Crippen molar-refractivity contribution in [1.82, 2.24) is 0 Å². The van der Waals surface area contributed by atoms with E-state index in [1.54, 1.807) is 0 Å². The highest BCUT2D eigenvalue weighted by atomic mass is 16.5. The van der Waals surface area contributed by atoms with Crippen LogP contribution in [0, 0.1) is 0 Å². The number of carbonyl (C=O) groups is 2. The molecule has 4 heteroatoms. The Hall–Kier alpha value is -1.06. The van der Waals surface area contributed by atoms with Crippen molar-refractivity contribution in [3.63, 3.8) is 0 Å². The van der Waals surface area contributed by atoms with E-state index in [1.165, 1.54) is 44.9 Å². The summed E-state index contributed by atoms with van der Waals surface area (Å²) in [6, 6.07) is 0. The first-order valence-electron chi connectivity index (χ1n) is 12.5. The third-order valence-electron chi connectivity index (χ3n) is 5.28. The molecule has 0 aliphatic carbocycles. The van der Waals surface area contributed by atoms with E-state index < -0.39 is 0 Å². The summed E-state index contributed by atoms with van der Waals surface area (Å²) >= 11 is 0. The standard InChI is InChI=1S/C25H48O4/c1-3-5-7-8-9-12-15-19-23-29-25(27)21-17-14-11-10-13-16-20-24(26)28-22-18-6-4-2/h3-23H2,1-2H3. The first kappa shape index (κ1) is 27.9. The van der Waals surface area contributed by atoms with E-state index in [-0.39, 0.29) is 11.9 Å². The summed E-state index contributed by atoms with van der Waals surface area (Å²) in [5.74, 6) is -0.0981. The fraction of sp³-hybridized carbons (Fsp3) is 0.920. The minimum absolute atomic E-state index is 0.0428. The van der Waals surface area contributed by atoms with Crippen molar-refractivity contribution in [2.45, 2.75) is 136 Å². The molecule has 0 N–H and O–H groups in total. The van der Waals surface area contributed by atoms with E-state index in [2.05, 4.69) is 13.8 Å². The van der Waals surface area contributed by atoms with Crippen molar-refractivity contribution in [3.05, 3.63) is 0 Å². The number of esters is 2. The summed E-state index contributed by atoms with van der Waals surface area (Å²) < 4.78 is 10.5. The highest BCUT2D eigenvalue weighted by Crippen LogP contribution is 2.11. The lowest BCUT2D eigenvalue weighted by Gasteiger charge is -2.06. The van der Waals surface area contributed by atoms with Crippen LogP contribution in [-0.2, 0) is 19.1 Å². The molecule has 0 spiro atoms. The van der Waals surface area contributed by atoms with Gasteiger partial charge in [-0.2, -0.15) is 0 Å². The maximum atomic E-state index is 11.7. The van der Waals surface area contributed by atoms with Crippen LogP contribution in [-0.4, -0.2) is 25.2 Å². The molecule has 0 saturated heterocycles. The van der Waals surface area contributed by atoms with E-state index in [0.29, 0.717) is 26.1 Å². The molecule has 0 aromatic rings. The third-order valence-corrected chi connectivity index (χ3v) is 5.28. The summed E-state index contributed by atoms with van der Waals surface area (Å²) in [5.41, 5.74) is 0. The molecular weight excluding hydrogens is 364 g/mol. The van der Waals surface area contributed by atoms with Crippen LogP contribution in [0.25, 0.3) is 0 Å². The van der Waals surface area contributed by atoms with E-state index >= 15 is 0 Å². The Morgan fingerprint density at radius 2 is 0.759 bits per heavy atom. The molecule has 172 valence electrons. The van der Waals surface area contributed by atoms with E-state index in [1.807, 2.05) is 0 Å². The van der Waals surface area contributed by atoms with Gasteiger partial charge in [-0.1, -0.05) is 97.3 Å². The van der Waals surface area contributed by atoms with Gasteiger partial charge < -0.3 is 9.47 Å². The Kier molecular flexibility index (Phi) is 22.4. The number of hydrogen-bond acceptors (Lipinski definition) is 4. The normalized spacial score (nSPS) is 10.8. The number of hydrogen-bond donors (Lipinski definition) is 0. The van der Waals surface area contributed by atoms with Crippen LogP contribution in [0.5, 0.6) is 0 Å². The van der Waals surface area contributed by atoms with E-state index in [0.717, 1.165) is 64.2 Å². The SMILES string of the molecule is CCCCCCCCCCOC(=O)CCCCCCCCC(=O)OCCCCC. The maximum absolute atomic E-state index is 11.7. The first-order chi connectivity index (χ1) is 14.2. The van der Waals surface area contributed by atoms with Gasteiger partial charge in [0.1, 0.15) is 0 Å². The van der Waals surface area contributed by atoms with Crippen LogP contribution >= 0.6 is 0 Å². The lowest BCUT2D eigenvalue weighted by atomic mass is 10.1. The highest BCUT2D eigenvalue weighted by molar-refractivity contribution is 5.69. The van der Waals surface area contributed by atoms with Crippen LogP contribution in [0.4, 0.5) is 0 Å². The van der Waals surface area contributed by atoms with Gasteiger partial charge in [-0.05, 0) is 25.7 Å². The zero-order valence-corrected chi connectivity index (χ0v) is 19.5. The van der Waals surface area contributed by atoms with Crippen LogP contribution < -0.4 is 0 Å². The molecule has 0 radical (unpaired) electrons. The van der Waals surface area contributed by atoms with Gasteiger partial charge in [0.2, 0.25) is 0 Å². The van der Waals surface area contributed by atoms with Gasteiger partial charge in [-0.3, -0.25) is 9.59 Å². The Labute approximate surface area is 180 Å². The minimum atomic E-state index is -0.0552. The zero-order chi connectivity index (χ0) is 21.4. The van der Waals surface area contributed by atoms with E-state index in [4.69, 9.17) is 9.47 Å². The average Bonchev–Trinajstić information content (AvgIpc) is 2.72. The van der Waals surface area contributed by atoms with Gasteiger partial charge in [0.25, 0.3) is 0 Å². The van der Waals surface area contributed by atoms with Crippen molar-refractivity contribution in [1.29, 1.82) is 0 Å². The van der Waals surface area contributed by atoms with Crippen LogP contribution in [0.2, 0.25) is 0 Å². The predicted octanol–water partition coefficient (Wildman–Crippen LogP) is 7.52. The second kappa shape index (κ2) is 23.2. The Morgan fingerprint density at radius 3 is 1.21 bits per heavy atom. The molecule has 0 aliphatic rings. The molecule has 0 heterocycles. The largest absolute Gasteiger partial charge is 0.466 e. The molecule has 0 aliphatic heterocycles. The zero-order valence-electron chi connectivity index (χ0n) is 19.5. The molecule has 0 aromatic carbocycles. The first-order valence-corrected chi connectivity index (χ1v) is 12.5. The molecule has 4 nitrogen and oxygen atoms in total. The van der Waals surface area contributed by atoms with Crippen LogP contribution in [0.3, 0.4) is 0 Å². The summed E-state index contributed by atoms with van der Waals surface area (Å²) in [6.45, 7) is 5.54. The number of carbonyl (C=O) groups excluding carboxylic acids is 2. The van der Waals surface area contributed by atoms with Gasteiger partial charge in [-0.15, -0.1) is 0 Å². The molecule has 0 amide bonds. The maximum Gasteiger partial charge on any atom is 0.305 e. The fourth-order valence-electron chi connectivity index (χ4n) is 3.35. The molecule has 0 fully saturated rings. The average molecular weight is 413 g/mol. The Bertz CT molecular complexity index is 368. The quantitative estimate of drug-likeness (QED) is 0.136. The molecule has 29 heavy (non-hydrogen) atoms. The summed E-state index contributed by atoms with van der Waals surface area (Å²) in [5, 5.41) is 0. The smallest absolute Gasteiger partial charge is 0.305 e. The Morgan fingerprint density at radius 1 is 0.448 bits per heavy atom. The number of rotatable bonds is 22. The Balaban J connectivity index is 3.24. The van der Waals surface area contributed by atoms with Crippen LogP contribution in [0.15, 0.2) is 0 Å². The van der Waals surface area contributed by atoms with Gasteiger partial charge in [0, 0.05) is 12.8 Å². The molecule has 0 atom stereocenters. The topological polar surface area (TPSA) is 52.6 Å². The lowest BCUT2D eigenvalue weighted by Crippen LogP contribution is -2.06. The van der Waals surface area contributed by atoms with Crippen molar-refractivity contribution < 1.29 is 19.1 Å². The number of ether oxygens (including phenoxy) is 2.